The number of hydrogen-bond donors (Lipinski definition) is 1. The molecule has 0 fully saturated rings. The molecule has 0 atom stereocenters. The first kappa shape index (κ1) is 12.4. The van der Waals surface area contributed by atoms with Crippen LogP contribution in [0.2, 0.25) is 0 Å². The van der Waals surface area contributed by atoms with Crippen molar-refractivity contribution in [3.05, 3.63) is 52.7 Å². The maximum absolute atomic E-state index is 11.9. The number of carbonyl (C=O) groups is 1. The molecule has 18 heavy (non-hydrogen) atoms. The van der Waals surface area contributed by atoms with E-state index in [2.05, 4.69) is 10.3 Å². The number of nitrogens with zero attached hydrogens (tertiary/aromatic N) is 1. The van der Waals surface area contributed by atoms with Crippen molar-refractivity contribution in [3.63, 3.8) is 0 Å². The fraction of sp³-hybridized carbons (Fsp3) is 0.286. The smallest absolute Gasteiger partial charge is 0.289 e. The average Bonchev–Trinajstić information content (AvgIpc) is 2.67. The topological polar surface area (TPSA) is 55.1 Å². The fourth-order valence-corrected chi connectivity index (χ4v) is 1.71. The number of aromatic nitrogens is 1. The summed E-state index contributed by atoms with van der Waals surface area (Å²) < 4.78 is 5.26. The monoisotopic (exact) mass is 244 g/mol. The number of nitrogens with one attached hydrogen (secondary N) is 1. The maximum atomic E-state index is 11.9. The number of carbonyl (C=O) groups excluding carboxylic acids is 1. The lowest BCUT2D eigenvalue weighted by Gasteiger charge is -2.04. The molecule has 94 valence electrons. The van der Waals surface area contributed by atoms with Gasteiger partial charge in [0.1, 0.15) is 0 Å². The van der Waals surface area contributed by atoms with Gasteiger partial charge in [-0.25, -0.2) is 4.98 Å². The second kappa shape index (κ2) is 5.04. The Bertz CT molecular complexity index is 556. The largest absolute Gasteiger partial charge is 0.436 e. The van der Waals surface area contributed by atoms with Crippen molar-refractivity contribution in [2.24, 2.45) is 0 Å². The van der Waals surface area contributed by atoms with Crippen LogP contribution in [0.4, 0.5) is 0 Å². The Morgan fingerprint density at radius 3 is 2.44 bits per heavy atom. The normalized spacial score (nSPS) is 10.4. The van der Waals surface area contributed by atoms with E-state index in [1.54, 1.807) is 13.8 Å². The standard InChI is InChI=1S/C14H16N2O2/c1-9-4-6-12(7-5-9)8-15-14(17)13-10(2)16-11(3)18-13/h4-7H,8H2,1-3H3,(H,15,17). The molecule has 1 aromatic heterocycles. The molecule has 1 aromatic carbocycles. The van der Waals surface area contributed by atoms with Crippen LogP contribution in [-0.4, -0.2) is 10.9 Å². The van der Waals surface area contributed by atoms with Crippen LogP contribution in [0.3, 0.4) is 0 Å². The van der Waals surface area contributed by atoms with Crippen LogP contribution >= 0.6 is 0 Å². The number of oxazole rings is 1. The van der Waals surface area contributed by atoms with Crippen molar-refractivity contribution in [2.75, 3.05) is 0 Å². The minimum Gasteiger partial charge on any atom is -0.436 e. The average molecular weight is 244 g/mol. The molecular weight excluding hydrogens is 228 g/mol. The highest BCUT2D eigenvalue weighted by molar-refractivity contribution is 5.92. The second-order valence-corrected chi connectivity index (χ2v) is 4.32. The number of benzene rings is 1. The molecule has 0 bridgehead atoms. The van der Waals surface area contributed by atoms with Crippen LogP contribution in [0.5, 0.6) is 0 Å². The first-order chi connectivity index (χ1) is 8.56. The summed E-state index contributed by atoms with van der Waals surface area (Å²) in [5.74, 6) is 0.571. The molecule has 2 rings (SSSR count). The van der Waals surface area contributed by atoms with Gasteiger partial charge in [0.05, 0.1) is 5.69 Å². The van der Waals surface area contributed by atoms with E-state index >= 15 is 0 Å². The molecule has 0 saturated heterocycles. The van der Waals surface area contributed by atoms with Crippen molar-refractivity contribution in [3.8, 4) is 0 Å². The zero-order chi connectivity index (χ0) is 13.1. The summed E-state index contributed by atoms with van der Waals surface area (Å²) in [6.45, 7) is 6.00. The molecule has 0 aliphatic rings. The van der Waals surface area contributed by atoms with Gasteiger partial charge in [-0.3, -0.25) is 4.79 Å². The van der Waals surface area contributed by atoms with E-state index < -0.39 is 0 Å². The highest BCUT2D eigenvalue weighted by atomic mass is 16.4. The van der Waals surface area contributed by atoms with Crippen molar-refractivity contribution in [2.45, 2.75) is 27.3 Å². The van der Waals surface area contributed by atoms with Crippen LogP contribution in [0.15, 0.2) is 28.7 Å². The summed E-state index contributed by atoms with van der Waals surface area (Å²) in [5, 5.41) is 2.82. The first-order valence-electron chi connectivity index (χ1n) is 5.84. The SMILES string of the molecule is Cc1ccc(CNC(=O)c2oc(C)nc2C)cc1. The van der Waals surface area contributed by atoms with Gasteiger partial charge in [-0.1, -0.05) is 29.8 Å². The lowest BCUT2D eigenvalue weighted by Crippen LogP contribution is -2.23. The van der Waals surface area contributed by atoms with E-state index in [-0.39, 0.29) is 5.91 Å². The van der Waals surface area contributed by atoms with Crippen LogP contribution in [0, 0.1) is 20.8 Å². The first-order valence-corrected chi connectivity index (χ1v) is 5.84. The highest BCUT2D eigenvalue weighted by Crippen LogP contribution is 2.09. The van der Waals surface area contributed by atoms with Gasteiger partial charge >= 0.3 is 0 Å². The van der Waals surface area contributed by atoms with Crippen LogP contribution in [0.1, 0.15) is 33.3 Å². The van der Waals surface area contributed by atoms with Crippen LogP contribution < -0.4 is 5.32 Å². The van der Waals surface area contributed by atoms with Crippen molar-refractivity contribution < 1.29 is 9.21 Å². The van der Waals surface area contributed by atoms with E-state index in [1.165, 1.54) is 5.56 Å². The van der Waals surface area contributed by atoms with Gasteiger partial charge in [-0.05, 0) is 19.4 Å². The molecule has 1 heterocycles. The van der Waals surface area contributed by atoms with E-state index in [4.69, 9.17) is 4.42 Å². The molecule has 4 heteroatoms. The molecule has 2 aromatic rings. The number of aryl methyl sites for hydroxylation is 3. The van der Waals surface area contributed by atoms with E-state index in [0.29, 0.717) is 23.9 Å². The zero-order valence-electron chi connectivity index (χ0n) is 10.8. The lowest BCUT2D eigenvalue weighted by molar-refractivity contribution is 0.0921. The molecule has 4 nitrogen and oxygen atoms in total. The predicted octanol–water partition coefficient (Wildman–Crippen LogP) is 2.53. The zero-order valence-corrected chi connectivity index (χ0v) is 10.8. The number of amides is 1. The Morgan fingerprint density at radius 2 is 1.89 bits per heavy atom. The predicted molar refractivity (Wildman–Crippen MR) is 68.3 cm³/mol. The summed E-state index contributed by atoms with van der Waals surface area (Å²) in [4.78, 5) is 15.9. The Morgan fingerprint density at radius 1 is 1.22 bits per heavy atom. The number of rotatable bonds is 3. The molecule has 0 radical (unpaired) electrons. The van der Waals surface area contributed by atoms with Crippen LogP contribution in [-0.2, 0) is 6.54 Å². The quantitative estimate of drug-likeness (QED) is 0.902. The third-order valence-corrected chi connectivity index (χ3v) is 2.68. The molecule has 0 unspecified atom stereocenters. The summed E-state index contributed by atoms with van der Waals surface area (Å²) in [6, 6.07) is 8.03. The van der Waals surface area contributed by atoms with Gasteiger partial charge in [0, 0.05) is 13.5 Å². The van der Waals surface area contributed by atoms with Gasteiger partial charge in [-0.2, -0.15) is 0 Å². The Kier molecular flexibility index (Phi) is 3.46. The minimum absolute atomic E-state index is 0.228. The van der Waals surface area contributed by atoms with Crippen LogP contribution in [0.25, 0.3) is 0 Å². The lowest BCUT2D eigenvalue weighted by atomic mass is 10.1. The van der Waals surface area contributed by atoms with Crippen molar-refractivity contribution >= 4 is 5.91 Å². The second-order valence-electron chi connectivity index (χ2n) is 4.32. The molecule has 1 amide bonds. The fourth-order valence-electron chi connectivity index (χ4n) is 1.71. The van der Waals surface area contributed by atoms with Crippen molar-refractivity contribution in [1.82, 2.24) is 10.3 Å². The summed E-state index contributed by atoms with van der Waals surface area (Å²) in [7, 11) is 0. The maximum Gasteiger partial charge on any atom is 0.289 e. The highest BCUT2D eigenvalue weighted by Gasteiger charge is 2.15. The molecule has 0 saturated carbocycles. The molecule has 0 aliphatic carbocycles. The van der Waals surface area contributed by atoms with E-state index in [0.717, 1.165) is 5.56 Å². The molecule has 0 aliphatic heterocycles. The van der Waals surface area contributed by atoms with E-state index in [9.17, 15) is 4.79 Å². The molecular formula is C14H16N2O2. The number of hydrogen-bond acceptors (Lipinski definition) is 3. The van der Waals surface area contributed by atoms with Gasteiger partial charge in [-0.15, -0.1) is 0 Å². The van der Waals surface area contributed by atoms with Gasteiger partial charge in [0.25, 0.3) is 5.91 Å². The third-order valence-electron chi connectivity index (χ3n) is 2.68. The Labute approximate surface area is 106 Å². The van der Waals surface area contributed by atoms with E-state index in [1.807, 2.05) is 31.2 Å². The van der Waals surface area contributed by atoms with Crippen molar-refractivity contribution in [1.29, 1.82) is 0 Å². The molecule has 1 N–H and O–H groups in total. The third kappa shape index (κ3) is 2.77. The summed E-state index contributed by atoms with van der Waals surface area (Å²) >= 11 is 0. The Balaban J connectivity index is 2.00. The summed E-state index contributed by atoms with van der Waals surface area (Å²) in [6.07, 6.45) is 0. The minimum atomic E-state index is -0.228. The Hall–Kier alpha value is -2.10. The van der Waals surface area contributed by atoms with Gasteiger partial charge < -0.3 is 9.73 Å². The van der Waals surface area contributed by atoms with Gasteiger partial charge in [0.15, 0.2) is 5.89 Å². The summed E-state index contributed by atoms with van der Waals surface area (Å²) in [5.41, 5.74) is 2.88. The molecule has 0 spiro atoms. The van der Waals surface area contributed by atoms with Gasteiger partial charge in [0.2, 0.25) is 5.76 Å².